The van der Waals surface area contributed by atoms with Gasteiger partial charge in [-0.2, -0.15) is 8.42 Å². The van der Waals surface area contributed by atoms with Crippen molar-refractivity contribution in [1.29, 1.82) is 0 Å². The molecule has 0 fully saturated rings. The monoisotopic (exact) mass is 292 g/mol. The molecule has 0 radical (unpaired) electrons. The first kappa shape index (κ1) is 14.6. The molecule has 0 aliphatic heterocycles. The predicted molar refractivity (Wildman–Crippen MR) is 62.9 cm³/mol. The number of carboxylic acid groups (broad SMARTS) is 2. The third kappa shape index (κ3) is 3.25. The smallest absolute Gasteiger partial charge is 0.335 e. The van der Waals surface area contributed by atoms with Gasteiger partial charge in [0.05, 0.1) is 16.0 Å². The van der Waals surface area contributed by atoms with Crippen LogP contribution in [0.3, 0.4) is 0 Å². The van der Waals surface area contributed by atoms with Gasteiger partial charge in [0.2, 0.25) is 0 Å². The van der Waals surface area contributed by atoms with Gasteiger partial charge in [0, 0.05) is 8.81 Å². The van der Waals surface area contributed by atoms with E-state index in [1.165, 1.54) is 6.66 Å². The largest absolute Gasteiger partial charge is 0.478 e. The SMILES string of the molecule is CPOS(=O)(=O)c1cc(C(=O)O)cc(C(=O)O)c1. The van der Waals surface area contributed by atoms with E-state index < -0.39 is 38.1 Å². The van der Waals surface area contributed by atoms with Crippen molar-refractivity contribution in [2.45, 2.75) is 4.90 Å². The fourth-order valence-electron chi connectivity index (χ4n) is 1.15. The normalized spacial score (nSPS) is 11.8. The number of benzene rings is 1. The van der Waals surface area contributed by atoms with Gasteiger partial charge in [0.25, 0.3) is 10.1 Å². The van der Waals surface area contributed by atoms with E-state index in [-0.39, 0.29) is 8.81 Å². The third-order valence-electron chi connectivity index (χ3n) is 1.88. The van der Waals surface area contributed by atoms with Gasteiger partial charge in [-0.3, -0.25) is 0 Å². The van der Waals surface area contributed by atoms with Crippen LogP contribution in [0.5, 0.6) is 0 Å². The Hall–Kier alpha value is -1.50. The fourth-order valence-corrected chi connectivity index (χ4v) is 2.95. The summed E-state index contributed by atoms with van der Waals surface area (Å²) in [7, 11) is -4.50. The summed E-state index contributed by atoms with van der Waals surface area (Å²) in [6.07, 6.45) is 0. The van der Waals surface area contributed by atoms with E-state index in [2.05, 4.69) is 3.97 Å². The Morgan fingerprint density at radius 2 is 1.56 bits per heavy atom. The fraction of sp³-hybridized carbons (Fsp3) is 0.111. The Bertz CT molecular complexity index is 561. The van der Waals surface area contributed by atoms with Crippen molar-refractivity contribution in [1.82, 2.24) is 0 Å². The Morgan fingerprint density at radius 3 is 1.89 bits per heavy atom. The molecule has 0 bridgehead atoms. The molecule has 1 aromatic carbocycles. The molecule has 0 aliphatic carbocycles. The highest BCUT2D eigenvalue weighted by atomic mass is 32.2. The summed E-state index contributed by atoms with van der Waals surface area (Å²) >= 11 is 0. The minimum Gasteiger partial charge on any atom is -0.478 e. The van der Waals surface area contributed by atoms with Crippen molar-refractivity contribution in [3.63, 3.8) is 0 Å². The van der Waals surface area contributed by atoms with Gasteiger partial charge < -0.3 is 10.2 Å². The highest BCUT2D eigenvalue weighted by Gasteiger charge is 2.20. The maximum Gasteiger partial charge on any atom is 0.335 e. The zero-order valence-corrected chi connectivity index (χ0v) is 10.9. The summed E-state index contributed by atoms with van der Waals surface area (Å²) in [5, 5.41) is 17.6. The van der Waals surface area contributed by atoms with E-state index in [9.17, 15) is 18.0 Å². The molecule has 18 heavy (non-hydrogen) atoms. The molecule has 98 valence electrons. The zero-order valence-electron chi connectivity index (χ0n) is 9.08. The molecule has 0 heterocycles. The van der Waals surface area contributed by atoms with Crippen molar-refractivity contribution in [3.8, 4) is 0 Å². The molecule has 9 heteroatoms. The van der Waals surface area contributed by atoms with Crippen LogP contribution in [0, 0.1) is 0 Å². The van der Waals surface area contributed by atoms with Crippen molar-refractivity contribution >= 4 is 30.9 Å². The standard InChI is InChI=1S/C9H9O7PS/c1-17-16-18(14,15)7-3-5(8(10)11)2-6(4-7)9(12)13/h2-4,17H,1H3,(H,10,11)(H,12,13). The molecule has 1 unspecified atom stereocenters. The van der Waals surface area contributed by atoms with Crippen LogP contribution in [0.2, 0.25) is 0 Å². The average molecular weight is 292 g/mol. The van der Waals surface area contributed by atoms with Crippen LogP contribution in [-0.4, -0.2) is 37.2 Å². The van der Waals surface area contributed by atoms with Crippen LogP contribution < -0.4 is 0 Å². The van der Waals surface area contributed by atoms with Gasteiger partial charge in [0.1, 0.15) is 0 Å². The molecule has 7 nitrogen and oxygen atoms in total. The molecule has 0 amide bonds. The van der Waals surface area contributed by atoms with Crippen LogP contribution in [0.15, 0.2) is 23.1 Å². The van der Waals surface area contributed by atoms with Gasteiger partial charge >= 0.3 is 11.9 Å². The van der Waals surface area contributed by atoms with Crippen LogP contribution in [0.25, 0.3) is 0 Å². The molecule has 1 rings (SSSR count). The third-order valence-corrected chi connectivity index (χ3v) is 4.24. The van der Waals surface area contributed by atoms with Gasteiger partial charge in [-0.15, -0.1) is 0 Å². The van der Waals surface area contributed by atoms with Crippen LogP contribution in [-0.2, 0) is 14.1 Å². The molecular formula is C9H9O7PS. The lowest BCUT2D eigenvalue weighted by Crippen LogP contribution is -2.08. The van der Waals surface area contributed by atoms with Gasteiger partial charge in [-0.1, -0.05) is 0 Å². The number of carboxylic acids is 2. The van der Waals surface area contributed by atoms with Crippen molar-refractivity contribution in [2.24, 2.45) is 0 Å². The van der Waals surface area contributed by atoms with Crippen LogP contribution >= 0.6 is 8.81 Å². The lowest BCUT2D eigenvalue weighted by atomic mass is 10.1. The van der Waals surface area contributed by atoms with Gasteiger partial charge in [-0.25, -0.2) is 13.6 Å². The second kappa shape index (κ2) is 5.43. The zero-order chi connectivity index (χ0) is 13.9. The second-order valence-corrected chi connectivity index (χ2v) is 5.55. The molecule has 0 aliphatic rings. The van der Waals surface area contributed by atoms with Gasteiger partial charge in [-0.05, 0) is 24.9 Å². The van der Waals surface area contributed by atoms with Crippen molar-refractivity contribution in [3.05, 3.63) is 29.3 Å². The summed E-state index contributed by atoms with van der Waals surface area (Å²) in [6.45, 7) is 1.47. The molecule has 1 atom stereocenters. The van der Waals surface area contributed by atoms with Crippen molar-refractivity contribution < 1.29 is 32.2 Å². The first-order valence-corrected chi connectivity index (χ1v) is 7.31. The second-order valence-electron chi connectivity index (χ2n) is 3.10. The number of hydrogen-bond acceptors (Lipinski definition) is 5. The molecule has 1 aromatic rings. The molecule has 0 spiro atoms. The lowest BCUT2D eigenvalue weighted by molar-refractivity contribution is 0.0696. The molecular weight excluding hydrogens is 283 g/mol. The highest BCUT2D eigenvalue weighted by Crippen LogP contribution is 2.22. The Kier molecular flexibility index (Phi) is 4.39. The van der Waals surface area contributed by atoms with E-state index in [0.29, 0.717) is 0 Å². The minimum atomic E-state index is -4.14. The van der Waals surface area contributed by atoms with E-state index in [0.717, 1.165) is 18.2 Å². The molecule has 0 saturated carbocycles. The Morgan fingerprint density at radius 1 is 1.11 bits per heavy atom. The van der Waals surface area contributed by atoms with Crippen LogP contribution in [0.1, 0.15) is 20.7 Å². The summed E-state index contributed by atoms with van der Waals surface area (Å²) in [5.74, 6) is -2.85. The summed E-state index contributed by atoms with van der Waals surface area (Å²) in [6, 6.07) is 2.58. The van der Waals surface area contributed by atoms with E-state index in [1.807, 2.05) is 0 Å². The quantitative estimate of drug-likeness (QED) is 0.777. The topological polar surface area (TPSA) is 118 Å². The van der Waals surface area contributed by atoms with Crippen LogP contribution in [0.4, 0.5) is 0 Å². The maximum absolute atomic E-state index is 11.6. The first-order valence-electron chi connectivity index (χ1n) is 4.50. The number of aromatic carboxylic acids is 2. The summed E-state index contributed by atoms with van der Waals surface area (Å²) < 4.78 is 27.7. The predicted octanol–water partition coefficient (Wildman–Crippen LogP) is 1.01. The summed E-state index contributed by atoms with van der Waals surface area (Å²) in [5.41, 5.74) is -0.868. The van der Waals surface area contributed by atoms with Gasteiger partial charge in [0.15, 0.2) is 0 Å². The van der Waals surface area contributed by atoms with E-state index >= 15 is 0 Å². The number of hydrogen-bond donors (Lipinski definition) is 2. The lowest BCUT2D eigenvalue weighted by Gasteiger charge is -2.06. The Balaban J connectivity index is 3.45. The average Bonchev–Trinajstić information content (AvgIpc) is 2.28. The maximum atomic E-state index is 11.6. The summed E-state index contributed by atoms with van der Waals surface area (Å²) in [4.78, 5) is 21.1. The molecule has 0 saturated heterocycles. The first-order chi connectivity index (χ1) is 8.27. The Labute approximate surface area is 104 Å². The molecule has 0 aromatic heterocycles. The van der Waals surface area contributed by atoms with E-state index in [4.69, 9.17) is 10.2 Å². The minimum absolute atomic E-state index is 0.366. The highest BCUT2D eigenvalue weighted by molar-refractivity contribution is 7.89. The van der Waals surface area contributed by atoms with Crippen molar-refractivity contribution in [2.75, 3.05) is 6.66 Å². The number of carbonyl (C=O) groups is 2. The van der Waals surface area contributed by atoms with E-state index in [1.54, 1.807) is 0 Å². The number of rotatable bonds is 5. The molecule has 2 N–H and O–H groups in total.